The molecule has 0 unspecified atom stereocenters. The predicted octanol–water partition coefficient (Wildman–Crippen LogP) is 5.66. The summed E-state index contributed by atoms with van der Waals surface area (Å²) >= 11 is 12.4. The molecule has 0 radical (unpaired) electrons. The molecule has 138 valence electrons. The molecule has 3 aromatic rings. The molecule has 1 aliphatic heterocycles. The van der Waals surface area contributed by atoms with Crippen molar-refractivity contribution in [2.75, 3.05) is 18.4 Å². The molecule has 4 rings (SSSR count). The first-order valence-electron chi connectivity index (χ1n) is 8.62. The van der Waals surface area contributed by atoms with Gasteiger partial charge in [0.05, 0.1) is 27.5 Å². The van der Waals surface area contributed by atoms with Gasteiger partial charge in [-0.3, -0.25) is 9.78 Å². The van der Waals surface area contributed by atoms with Gasteiger partial charge in [-0.1, -0.05) is 23.2 Å². The lowest BCUT2D eigenvalue weighted by Gasteiger charge is -2.20. The molecular formula is C20H16Cl2FN3O. The first kappa shape index (κ1) is 18.0. The van der Waals surface area contributed by atoms with Crippen LogP contribution in [0.1, 0.15) is 23.2 Å². The number of nitrogens with one attached hydrogen (secondary N) is 1. The molecule has 0 spiro atoms. The number of carbonyl (C=O) groups is 1. The van der Waals surface area contributed by atoms with Gasteiger partial charge in [0.25, 0.3) is 5.91 Å². The van der Waals surface area contributed by atoms with Crippen LogP contribution in [0, 0.1) is 5.82 Å². The van der Waals surface area contributed by atoms with E-state index in [2.05, 4.69) is 10.3 Å². The van der Waals surface area contributed by atoms with E-state index in [-0.39, 0.29) is 5.91 Å². The van der Waals surface area contributed by atoms with Gasteiger partial charge < -0.3 is 10.2 Å². The van der Waals surface area contributed by atoms with E-state index < -0.39 is 5.82 Å². The number of hydrogen-bond acceptors (Lipinski definition) is 3. The average molecular weight is 404 g/mol. The fourth-order valence-electron chi connectivity index (χ4n) is 3.28. The van der Waals surface area contributed by atoms with Gasteiger partial charge >= 0.3 is 0 Å². The fourth-order valence-corrected chi connectivity index (χ4v) is 3.62. The molecular weight excluding hydrogens is 388 g/mol. The lowest BCUT2D eigenvalue weighted by atomic mass is 10.1. The summed E-state index contributed by atoms with van der Waals surface area (Å²) in [6.07, 6.45) is 3.48. The van der Waals surface area contributed by atoms with Crippen LogP contribution < -0.4 is 5.32 Å². The van der Waals surface area contributed by atoms with Gasteiger partial charge in [0.1, 0.15) is 5.82 Å². The lowest BCUT2D eigenvalue weighted by molar-refractivity contribution is 0.0793. The number of halogens is 3. The predicted molar refractivity (Wildman–Crippen MR) is 107 cm³/mol. The zero-order valence-corrected chi connectivity index (χ0v) is 15.8. The highest BCUT2D eigenvalue weighted by atomic mass is 35.5. The van der Waals surface area contributed by atoms with E-state index in [4.69, 9.17) is 23.2 Å². The summed E-state index contributed by atoms with van der Waals surface area (Å²) in [6, 6.07) is 9.30. The molecule has 2 heterocycles. The van der Waals surface area contributed by atoms with Gasteiger partial charge in [-0.2, -0.15) is 0 Å². The highest BCUT2D eigenvalue weighted by molar-refractivity contribution is 6.35. The van der Waals surface area contributed by atoms with Crippen LogP contribution in [0.25, 0.3) is 10.9 Å². The quantitative estimate of drug-likeness (QED) is 0.613. The number of carbonyl (C=O) groups excluding carboxylic acids is 1. The molecule has 0 bridgehead atoms. The lowest BCUT2D eigenvalue weighted by Crippen LogP contribution is -2.28. The molecule has 0 aliphatic carbocycles. The Morgan fingerprint density at radius 2 is 1.89 bits per heavy atom. The number of benzene rings is 2. The number of fused-ring (bicyclic) bond motifs is 1. The SMILES string of the molecule is O=C(c1cnc2ccc(F)cc2c1Nc1cc(Cl)ccc1Cl)N1CCCC1. The van der Waals surface area contributed by atoms with E-state index in [0.29, 0.717) is 51.0 Å². The number of amides is 1. The normalized spacial score (nSPS) is 14.0. The summed E-state index contributed by atoms with van der Waals surface area (Å²) in [6.45, 7) is 1.41. The van der Waals surface area contributed by atoms with Gasteiger partial charge in [-0.15, -0.1) is 0 Å². The van der Waals surface area contributed by atoms with Gasteiger partial charge in [-0.05, 0) is 49.2 Å². The Balaban J connectivity index is 1.88. The fraction of sp³-hybridized carbons (Fsp3) is 0.200. The maximum atomic E-state index is 13.9. The Hall–Kier alpha value is -2.37. The first-order valence-corrected chi connectivity index (χ1v) is 9.38. The number of hydrogen-bond donors (Lipinski definition) is 1. The number of rotatable bonds is 3. The minimum absolute atomic E-state index is 0.133. The summed E-state index contributed by atoms with van der Waals surface area (Å²) in [5.74, 6) is -0.540. The van der Waals surface area contributed by atoms with Gasteiger partial charge in [0.15, 0.2) is 0 Å². The van der Waals surface area contributed by atoms with E-state index in [0.717, 1.165) is 12.8 Å². The Bertz CT molecular complexity index is 1040. The molecule has 4 nitrogen and oxygen atoms in total. The molecule has 2 aromatic carbocycles. The van der Waals surface area contributed by atoms with E-state index in [1.165, 1.54) is 18.3 Å². The second-order valence-electron chi connectivity index (χ2n) is 6.46. The van der Waals surface area contributed by atoms with Crippen molar-refractivity contribution in [2.24, 2.45) is 0 Å². The van der Waals surface area contributed by atoms with Crippen LogP contribution in [0.15, 0.2) is 42.6 Å². The molecule has 0 saturated carbocycles. The standard InChI is InChI=1S/C20H16Cl2FN3O/c21-12-3-5-16(22)18(9-12)25-19-14-10-13(23)4-6-17(14)24-11-15(19)20(27)26-7-1-2-8-26/h3-6,9-11H,1-2,7-8H2,(H,24,25). The van der Waals surface area contributed by atoms with Gasteiger partial charge in [0.2, 0.25) is 0 Å². The van der Waals surface area contributed by atoms with Crippen molar-refractivity contribution in [3.63, 3.8) is 0 Å². The van der Waals surface area contributed by atoms with Crippen molar-refractivity contribution in [1.29, 1.82) is 0 Å². The van der Waals surface area contributed by atoms with Crippen LogP contribution in [0.2, 0.25) is 10.0 Å². The van der Waals surface area contributed by atoms with Gasteiger partial charge in [-0.25, -0.2) is 4.39 Å². The van der Waals surface area contributed by atoms with Crippen molar-refractivity contribution < 1.29 is 9.18 Å². The molecule has 1 aromatic heterocycles. The summed E-state index contributed by atoms with van der Waals surface area (Å²) in [5, 5.41) is 4.64. The summed E-state index contributed by atoms with van der Waals surface area (Å²) in [7, 11) is 0. The van der Waals surface area contributed by atoms with Crippen LogP contribution in [-0.2, 0) is 0 Å². The monoisotopic (exact) mass is 403 g/mol. The third kappa shape index (κ3) is 3.57. The number of nitrogens with zero attached hydrogens (tertiary/aromatic N) is 2. The second kappa shape index (κ2) is 7.33. The summed E-state index contributed by atoms with van der Waals surface area (Å²) < 4.78 is 13.9. The Kier molecular flexibility index (Phi) is 4.89. The van der Waals surface area contributed by atoms with Crippen LogP contribution in [-0.4, -0.2) is 28.9 Å². The third-order valence-electron chi connectivity index (χ3n) is 4.64. The Morgan fingerprint density at radius 3 is 2.67 bits per heavy atom. The van der Waals surface area contributed by atoms with Crippen molar-refractivity contribution in [1.82, 2.24) is 9.88 Å². The van der Waals surface area contributed by atoms with E-state index in [1.807, 2.05) is 0 Å². The van der Waals surface area contributed by atoms with E-state index >= 15 is 0 Å². The summed E-state index contributed by atoms with van der Waals surface area (Å²) in [5.41, 5.74) is 1.97. The van der Waals surface area contributed by atoms with Crippen molar-refractivity contribution >= 4 is 51.4 Å². The summed E-state index contributed by atoms with van der Waals surface area (Å²) in [4.78, 5) is 19.2. The van der Waals surface area contributed by atoms with Crippen molar-refractivity contribution in [3.05, 3.63) is 64.0 Å². The molecule has 1 fully saturated rings. The van der Waals surface area contributed by atoms with Crippen molar-refractivity contribution in [2.45, 2.75) is 12.8 Å². The second-order valence-corrected chi connectivity index (χ2v) is 7.30. The molecule has 1 amide bonds. The molecule has 1 saturated heterocycles. The smallest absolute Gasteiger partial charge is 0.257 e. The first-order chi connectivity index (χ1) is 13.0. The number of anilines is 2. The van der Waals surface area contributed by atoms with Gasteiger partial charge in [0, 0.05) is 29.7 Å². The highest BCUT2D eigenvalue weighted by Crippen LogP contribution is 2.34. The Morgan fingerprint density at radius 1 is 1.11 bits per heavy atom. The number of aromatic nitrogens is 1. The molecule has 1 aliphatic rings. The topological polar surface area (TPSA) is 45.2 Å². The number of likely N-dealkylation sites (tertiary alicyclic amines) is 1. The minimum Gasteiger partial charge on any atom is -0.353 e. The zero-order valence-electron chi connectivity index (χ0n) is 14.3. The minimum atomic E-state index is -0.407. The molecule has 0 atom stereocenters. The number of pyridine rings is 1. The van der Waals surface area contributed by atoms with Crippen molar-refractivity contribution in [3.8, 4) is 0 Å². The maximum absolute atomic E-state index is 13.9. The van der Waals surface area contributed by atoms with Crippen LogP contribution in [0.5, 0.6) is 0 Å². The Labute approximate surface area is 165 Å². The third-order valence-corrected chi connectivity index (χ3v) is 5.21. The average Bonchev–Trinajstić information content (AvgIpc) is 3.19. The largest absolute Gasteiger partial charge is 0.353 e. The molecule has 7 heteroatoms. The molecule has 1 N–H and O–H groups in total. The highest BCUT2D eigenvalue weighted by Gasteiger charge is 2.24. The van der Waals surface area contributed by atoms with Crippen LogP contribution in [0.4, 0.5) is 15.8 Å². The van der Waals surface area contributed by atoms with Crippen LogP contribution >= 0.6 is 23.2 Å². The van der Waals surface area contributed by atoms with Crippen LogP contribution in [0.3, 0.4) is 0 Å². The zero-order chi connectivity index (χ0) is 19.0. The molecule has 27 heavy (non-hydrogen) atoms. The van der Waals surface area contributed by atoms with E-state index in [9.17, 15) is 9.18 Å². The maximum Gasteiger partial charge on any atom is 0.257 e. The van der Waals surface area contributed by atoms with E-state index in [1.54, 1.807) is 29.2 Å².